The topological polar surface area (TPSA) is 86.5 Å². The molecule has 1 atom stereocenters. The maximum atomic E-state index is 14.0. The molecule has 0 N–H and O–H groups in total. The minimum atomic E-state index is -0.831. The van der Waals surface area contributed by atoms with Crippen LogP contribution in [-0.2, 0) is 6.54 Å². The second-order valence-electron chi connectivity index (χ2n) is 9.21. The molecule has 5 aromatic rings. The van der Waals surface area contributed by atoms with Crippen molar-refractivity contribution in [1.82, 2.24) is 23.1 Å². The molecular formula is C25H17ClF2N6O3. The summed E-state index contributed by atoms with van der Waals surface area (Å²) in [5.74, 6) is -0.563. The average Bonchev–Trinajstić information content (AvgIpc) is 3.57. The maximum Gasteiger partial charge on any atom is 0.342 e. The number of fused-ring (bicyclic) bond motifs is 5. The Morgan fingerprint density at radius 1 is 0.973 bits per heavy atom. The quantitative estimate of drug-likeness (QED) is 0.356. The third kappa shape index (κ3) is 3.00. The molecule has 6 heterocycles. The number of pyridine rings is 2. The van der Waals surface area contributed by atoms with E-state index in [1.807, 2.05) is 0 Å². The van der Waals surface area contributed by atoms with Crippen molar-refractivity contribution < 1.29 is 8.78 Å². The van der Waals surface area contributed by atoms with Gasteiger partial charge in [-0.15, -0.1) is 0 Å². The number of nitrogens with zero attached hydrogens (tertiary/aromatic N) is 6. The number of anilines is 1. The lowest BCUT2D eigenvalue weighted by molar-refractivity contribution is 0.614. The van der Waals surface area contributed by atoms with Gasteiger partial charge in [-0.05, 0) is 37.1 Å². The van der Waals surface area contributed by atoms with Gasteiger partial charge in [0.25, 0.3) is 11.1 Å². The van der Waals surface area contributed by atoms with E-state index in [1.54, 1.807) is 10.6 Å². The van der Waals surface area contributed by atoms with Crippen LogP contribution in [0.1, 0.15) is 12.8 Å². The summed E-state index contributed by atoms with van der Waals surface area (Å²) in [5.41, 5.74) is -1.73. The molecule has 0 aliphatic carbocycles. The number of hydrogen-bond donors (Lipinski definition) is 0. The van der Waals surface area contributed by atoms with E-state index >= 15 is 0 Å². The summed E-state index contributed by atoms with van der Waals surface area (Å²) in [6, 6.07) is 7.85. The highest BCUT2D eigenvalue weighted by atomic mass is 35.5. The van der Waals surface area contributed by atoms with E-state index in [1.165, 1.54) is 33.5 Å². The first-order chi connectivity index (χ1) is 17.8. The zero-order chi connectivity index (χ0) is 25.6. The third-order valence-electron chi connectivity index (χ3n) is 7.21. The minimum absolute atomic E-state index is 0.0272. The van der Waals surface area contributed by atoms with Crippen LogP contribution in [0.4, 0.5) is 14.6 Å². The highest BCUT2D eigenvalue weighted by Gasteiger charge is 2.35. The molecule has 0 saturated carbocycles. The fourth-order valence-corrected chi connectivity index (χ4v) is 5.71. The van der Waals surface area contributed by atoms with Crippen molar-refractivity contribution in [2.75, 3.05) is 11.4 Å². The van der Waals surface area contributed by atoms with Crippen LogP contribution in [0.15, 0.2) is 63.2 Å². The van der Waals surface area contributed by atoms with E-state index in [0.717, 1.165) is 42.2 Å². The average molecular weight is 523 g/mol. The number of benzene rings is 1. The predicted molar refractivity (Wildman–Crippen MR) is 133 cm³/mol. The fraction of sp³-hybridized carbons (Fsp3) is 0.200. The summed E-state index contributed by atoms with van der Waals surface area (Å²) in [5, 5.41) is -0.430. The van der Waals surface area contributed by atoms with Gasteiger partial charge in [-0.3, -0.25) is 23.1 Å². The van der Waals surface area contributed by atoms with Crippen LogP contribution in [0.25, 0.3) is 28.1 Å². The fourth-order valence-electron chi connectivity index (χ4n) is 5.54. The van der Waals surface area contributed by atoms with Gasteiger partial charge in [0.2, 0.25) is 0 Å². The Bertz CT molecular complexity index is 1970. The smallest absolute Gasteiger partial charge is 0.342 e. The van der Waals surface area contributed by atoms with Gasteiger partial charge in [-0.2, -0.15) is 0 Å². The zero-order valence-electron chi connectivity index (χ0n) is 19.1. The highest BCUT2D eigenvalue weighted by Crippen LogP contribution is 2.33. The zero-order valence-corrected chi connectivity index (χ0v) is 19.8. The molecule has 2 aliphatic rings. The highest BCUT2D eigenvalue weighted by molar-refractivity contribution is 6.30. The molecule has 0 amide bonds. The van der Waals surface area contributed by atoms with Gasteiger partial charge in [0.15, 0.2) is 0 Å². The van der Waals surface area contributed by atoms with Crippen molar-refractivity contribution in [2.45, 2.75) is 25.4 Å². The van der Waals surface area contributed by atoms with Crippen LogP contribution in [0.2, 0.25) is 5.02 Å². The molecule has 0 bridgehead atoms. The summed E-state index contributed by atoms with van der Waals surface area (Å²) in [4.78, 5) is 47.8. The SMILES string of the molecule is O=c1c2c(=O)n(-c3cnc4cc(F)ccn34)c(=O)n(-c3ccc(F)c(Cl)c3)c2cc2n1C[C@@H]1CCCN21. The Labute approximate surface area is 211 Å². The third-order valence-corrected chi connectivity index (χ3v) is 7.50. The normalized spacial score (nSPS) is 16.6. The number of aromatic nitrogens is 5. The van der Waals surface area contributed by atoms with Crippen molar-refractivity contribution in [3.63, 3.8) is 0 Å². The van der Waals surface area contributed by atoms with Crippen LogP contribution < -0.4 is 21.7 Å². The van der Waals surface area contributed by atoms with Gasteiger partial charge in [0.05, 0.1) is 22.4 Å². The Morgan fingerprint density at radius 3 is 2.62 bits per heavy atom. The van der Waals surface area contributed by atoms with Crippen LogP contribution in [0, 0.1) is 11.6 Å². The Hall–Kier alpha value is -4.25. The summed E-state index contributed by atoms with van der Waals surface area (Å²) in [6.45, 7) is 1.21. The van der Waals surface area contributed by atoms with Gasteiger partial charge in [-0.25, -0.2) is 23.1 Å². The number of rotatable bonds is 2. The van der Waals surface area contributed by atoms with Crippen molar-refractivity contribution in [3.8, 4) is 11.5 Å². The van der Waals surface area contributed by atoms with E-state index in [2.05, 4.69) is 9.88 Å². The Balaban J connectivity index is 1.64. The molecule has 1 saturated heterocycles. The van der Waals surface area contributed by atoms with Gasteiger partial charge in [0, 0.05) is 37.5 Å². The monoisotopic (exact) mass is 522 g/mol. The van der Waals surface area contributed by atoms with Gasteiger partial charge in [0.1, 0.15) is 34.3 Å². The Morgan fingerprint density at radius 2 is 1.81 bits per heavy atom. The van der Waals surface area contributed by atoms with Crippen molar-refractivity contribution in [3.05, 3.63) is 96.6 Å². The van der Waals surface area contributed by atoms with Crippen LogP contribution >= 0.6 is 11.6 Å². The first kappa shape index (κ1) is 22.0. The molecule has 9 nitrogen and oxygen atoms in total. The first-order valence-corrected chi connectivity index (χ1v) is 12.0. The maximum absolute atomic E-state index is 14.0. The van der Waals surface area contributed by atoms with Crippen LogP contribution in [0.3, 0.4) is 0 Å². The first-order valence-electron chi connectivity index (χ1n) is 11.6. The lowest BCUT2D eigenvalue weighted by Gasteiger charge is -2.19. The predicted octanol–water partition coefficient (Wildman–Crippen LogP) is 2.87. The Kier molecular flexibility index (Phi) is 4.53. The van der Waals surface area contributed by atoms with Gasteiger partial charge in [-0.1, -0.05) is 11.6 Å². The molecule has 186 valence electrons. The second kappa shape index (κ2) is 7.62. The number of halogens is 3. The van der Waals surface area contributed by atoms with Crippen LogP contribution in [0.5, 0.6) is 0 Å². The van der Waals surface area contributed by atoms with E-state index in [-0.39, 0.29) is 39.1 Å². The molecule has 1 fully saturated rings. The van der Waals surface area contributed by atoms with Gasteiger partial charge < -0.3 is 4.90 Å². The van der Waals surface area contributed by atoms with Crippen LogP contribution in [-0.4, -0.2) is 35.7 Å². The molecular weight excluding hydrogens is 506 g/mol. The van der Waals surface area contributed by atoms with E-state index < -0.39 is 28.4 Å². The van der Waals surface area contributed by atoms with E-state index in [0.29, 0.717) is 12.4 Å². The molecule has 0 spiro atoms. The van der Waals surface area contributed by atoms with Gasteiger partial charge >= 0.3 is 5.69 Å². The largest absolute Gasteiger partial charge is 0.353 e. The lowest BCUT2D eigenvalue weighted by Crippen LogP contribution is -2.42. The van der Waals surface area contributed by atoms with E-state index in [9.17, 15) is 23.2 Å². The van der Waals surface area contributed by atoms with E-state index in [4.69, 9.17) is 11.6 Å². The van der Waals surface area contributed by atoms with Crippen molar-refractivity contribution in [1.29, 1.82) is 0 Å². The summed E-state index contributed by atoms with van der Waals surface area (Å²) >= 11 is 6.05. The summed E-state index contributed by atoms with van der Waals surface area (Å²) < 4.78 is 32.7. The van der Waals surface area contributed by atoms with Crippen molar-refractivity contribution >= 4 is 34.0 Å². The number of hydrogen-bond acceptors (Lipinski definition) is 5. The molecule has 0 unspecified atom stereocenters. The molecule has 12 heteroatoms. The summed E-state index contributed by atoms with van der Waals surface area (Å²) in [6.07, 6.45) is 4.49. The molecule has 2 aliphatic heterocycles. The summed E-state index contributed by atoms with van der Waals surface area (Å²) in [7, 11) is 0. The molecule has 7 rings (SSSR count). The molecule has 37 heavy (non-hydrogen) atoms. The lowest BCUT2D eigenvalue weighted by atomic mass is 10.2. The standard InChI is InChI=1S/C25H17ClF2N6O3/c26-16-9-14(3-4-17(16)28)33-18-10-20-30-6-1-2-15(30)12-32(20)23(35)22(18)24(36)34(25(33)37)21-11-29-19-8-13(27)5-7-31(19)21/h3-5,7-11,15H,1-2,6,12H2/t15-/m0/s1. The minimum Gasteiger partial charge on any atom is -0.353 e. The molecule has 4 aromatic heterocycles. The van der Waals surface area contributed by atoms with Crippen molar-refractivity contribution in [2.24, 2.45) is 0 Å². The molecule has 1 aromatic carbocycles. The number of imidazole rings is 1. The second-order valence-corrected chi connectivity index (χ2v) is 9.62. The molecule has 0 radical (unpaired) electrons.